The Hall–Kier alpha value is -1.97. The molecule has 3 nitrogen and oxygen atoms in total. The monoisotopic (exact) mass is 549 g/mol. The summed E-state index contributed by atoms with van der Waals surface area (Å²) in [6, 6.07) is 12.9. The van der Waals surface area contributed by atoms with Gasteiger partial charge in [-0.25, -0.2) is 4.79 Å². The van der Waals surface area contributed by atoms with Gasteiger partial charge >= 0.3 is 5.91 Å². The van der Waals surface area contributed by atoms with Crippen LogP contribution in [0.25, 0.3) is 0 Å². The minimum absolute atomic E-state index is 0.287. The second kappa shape index (κ2) is 18.5. The Morgan fingerprint density at radius 3 is 1.50 bits per heavy atom. The van der Waals surface area contributed by atoms with E-state index in [1.165, 1.54) is 92.9 Å². The fourth-order valence-corrected chi connectivity index (χ4v) is 6.18. The van der Waals surface area contributed by atoms with Gasteiger partial charge in [0, 0.05) is 29.7 Å². The fourth-order valence-electron chi connectivity index (χ4n) is 6.18. The van der Waals surface area contributed by atoms with Crippen LogP contribution in [-0.2, 0) is 4.79 Å². The van der Waals surface area contributed by atoms with Gasteiger partial charge in [0.1, 0.15) is 11.4 Å². The number of quaternary nitrogens is 1. The third-order valence-corrected chi connectivity index (χ3v) is 9.02. The summed E-state index contributed by atoms with van der Waals surface area (Å²) in [5.74, 6) is 1.16. The van der Waals surface area contributed by atoms with Gasteiger partial charge in [0.25, 0.3) is 0 Å². The summed E-state index contributed by atoms with van der Waals surface area (Å²) < 4.78 is 0.287. The molecule has 0 aliphatic rings. The number of nitrogens with two attached hydrogens (primary N) is 1. The molecule has 2 N–H and O–H groups in total. The molecule has 0 aliphatic carbocycles. The molecule has 1 amide bonds. The summed E-state index contributed by atoms with van der Waals surface area (Å²) in [5, 5.41) is 0. The highest BCUT2D eigenvalue weighted by atomic mass is 16.2. The minimum Gasteiger partial charge on any atom is -0.330 e. The molecule has 0 radical (unpaired) electrons. The second-order valence-corrected chi connectivity index (χ2v) is 12.7. The standard InChI is InChI=1S/C37H61N2O/c1-30(2)22-17-15-13-11-9-7-8-10-12-14-16-18-27-37(40)39(29-21-28-38,35-25-19-23-31(3)33(35)5)36-26-20-24-32(4)34(36)6/h19-20,23-26,30H,7-18,21-22,27-29,38H2,1-6H3/q+1. The van der Waals surface area contributed by atoms with Crippen LogP contribution in [-0.4, -0.2) is 19.0 Å². The lowest BCUT2D eigenvalue weighted by molar-refractivity contribution is -0.127. The molecular weight excluding hydrogens is 488 g/mol. The van der Waals surface area contributed by atoms with E-state index < -0.39 is 0 Å². The molecule has 0 atom stereocenters. The Kier molecular flexibility index (Phi) is 15.8. The number of benzene rings is 2. The predicted molar refractivity (Wildman–Crippen MR) is 176 cm³/mol. The number of nitrogens with zero attached hydrogens (tertiary/aromatic N) is 1. The Bertz CT molecular complexity index is 958. The van der Waals surface area contributed by atoms with Crippen LogP contribution in [0.4, 0.5) is 11.4 Å². The molecule has 2 aromatic rings. The number of amides is 1. The number of rotatable bonds is 20. The zero-order valence-electron chi connectivity index (χ0n) is 27.0. The maximum Gasteiger partial charge on any atom is 0.323 e. The van der Waals surface area contributed by atoms with Crippen molar-refractivity contribution in [3.63, 3.8) is 0 Å². The van der Waals surface area contributed by atoms with Gasteiger partial charge in [-0.1, -0.05) is 115 Å². The van der Waals surface area contributed by atoms with Crippen molar-refractivity contribution < 1.29 is 4.79 Å². The highest BCUT2D eigenvalue weighted by molar-refractivity contribution is 5.96. The number of hydrogen-bond donors (Lipinski definition) is 1. The molecule has 0 saturated heterocycles. The normalized spacial score (nSPS) is 11.9. The summed E-state index contributed by atoms with van der Waals surface area (Å²) >= 11 is 0. The van der Waals surface area contributed by atoms with Gasteiger partial charge in [0.05, 0.1) is 13.0 Å². The van der Waals surface area contributed by atoms with Gasteiger partial charge in [-0.15, -0.1) is 0 Å². The Morgan fingerprint density at radius 1 is 0.650 bits per heavy atom. The average Bonchev–Trinajstić information content (AvgIpc) is 2.93. The van der Waals surface area contributed by atoms with Crippen molar-refractivity contribution in [2.24, 2.45) is 11.7 Å². The molecule has 40 heavy (non-hydrogen) atoms. The molecule has 0 saturated carbocycles. The lowest BCUT2D eigenvalue weighted by Gasteiger charge is -2.38. The molecule has 0 spiro atoms. The molecule has 0 aromatic heterocycles. The van der Waals surface area contributed by atoms with Crippen molar-refractivity contribution in [2.75, 3.05) is 13.1 Å². The Morgan fingerprint density at radius 2 is 1.07 bits per heavy atom. The van der Waals surface area contributed by atoms with Crippen LogP contribution in [0, 0.1) is 33.6 Å². The van der Waals surface area contributed by atoms with Crippen LogP contribution in [0.3, 0.4) is 0 Å². The van der Waals surface area contributed by atoms with Gasteiger partial charge in [0.2, 0.25) is 0 Å². The fraction of sp³-hybridized carbons (Fsp3) is 0.649. The number of unbranched alkanes of at least 4 members (excludes halogenated alkanes) is 11. The van der Waals surface area contributed by atoms with Crippen molar-refractivity contribution in [1.29, 1.82) is 0 Å². The first-order valence-electron chi connectivity index (χ1n) is 16.5. The quantitative estimate of drug-likeness (QED) is 0.132. The predicted octanol–water partition coefficient (Wildman–Crippen LogP) is 10.6. The van der Waals surface area contributed by atoms with E-state index in [0.29, 0.717) is 25.4 Å². The van der Waals surface area contributed by atoms with Gasteiger partial charge in [0.15, 0.2) is 0 Å². The van der Waals surface area contributed by atoms with Crippen LogP contribution in [0.5, 0.6) is 0 Å². The largest absolute Gasteiger partial charge is 0.330 e. The summed E-state index contributed by atoms with van der Waals surface area (Å²) in [7, 11) is 0. The van der Waals surface area contributed by atoms with Gasteiger partial charge in [-0.05, 0) is 57.7 Å². The molecule has 2 aromatic carbocycles. The van der Waals surface area contributed by atoms with E-state index in [-0.39, 0.29) is 4.48 Å². The molecular formula is C37H61N2O+. The van der Waals surface area contributed by atoms with Crippen molar-refractivity contribution in [2.45, 2.75) is 138 Å². The lowest BCUT2D eigenvalue weighted by Crippen LogP contribution is -2.52. The van der Waals surface area contributed by atoms with E-state index in [1.54, 1.807) is 0 Å². The number of aryl methyl sites for hydroxylation is 2. The zero-order valence-corrected chi connectivity index (χ0v) is 27.0. The van der Waals surface area contributed by atoms with Crippen molar-refractivity contribution >= 4 is 17.3 Å². The molecule has 2 rings (SSSR count). The lowest BCUT2D eigenvalue weighted by atomic mass is 9.98. The van der Waals surface area contributed by atoms with E-state index in [1.807, 2.05) is 0 Å². The van der Waals surface area contributed by atoms with Crippen molar-refractivity contribution in [3.8, 4) is 0 Å². The first-order chi connectivity index (χ1) is 19.3. The van der Waals surface area contributed by atoms with Crippen molar-refractivity contribution in [3.05, 3.63) is 58.7 Å². The van der Waals surface area contributed by atoms with E-state index in [9.17, 15) is 4.79 Å². The number of hydrogen-bond acceptors (Lipinski definition) is 2. The van der Waals surface area contributed by atoms with Crippen molar-refractivity contribution in [1.82, 2.24) is 4.48 Å². The van der Waals surface area contributed by atoms with Crippen LogP contribution < -0.4 is 10.2 Å². The SMILES string of the molecule is Cc1cccc([N+](CCCN)(C(=O)CCCCCCCCCCCCCCC(C)C)c2cccc(C)c2C)c1C. The summed E-state index contributed by atoms with van der Waals surface area (Å²) in [6.07, 6.45) is 18.6. The molecule has 0 unspecified atom stereocenters. The third kappa shape index (κ3) is 10.1. The summed E-state index contributed by atoms with van der Waals surface area (Å²) in [6.45, 7) is 14.6. The van der Waals surface area contributed by atoms with E-state index in [2.05, 4.69) is 77.9 Å². The van der Waals surface area contributed by atoms with E-state index in [0.717, 1.165) is 36.6 Å². The molecule has 0 bridgehead atoms. The van der Waals surface area contributed by atoms with Crippen LogP contribution in [0.15, 0.2) is 36.4 Å². The second-order valence-electron chi connectivity index (χ2n) is 12.7. The van der Waals surface area contributed by atoms with E-state index in [4.69, 9.17) is 5.73 Å². The number of carbonyl (C=O) groups is 1. The maximum absolute atomic E-state index is 14.4. The Balaban J connectivity index is 1.94. The maximum atomic E-state index is 14.4. The Labute approximate surface area is 247 Å². The summed E-state index contributed by atoms with van der Waals surface area (Å²) in [5.41, 5.74) is 13.2. The summed E-state index contributed by atoms with van der Waals surface area (Å²) in [4.78, 5) is 14.4. The van der Waals surface area contributed by atoms with Gasteiger partial charge in [-0.2, -0.15) is 4.48 Å². The first-order valence-corrected chi connectivity index (χ1v) is 16.5. The molecule has 0 heterocycles. The third-order valence-electron chi connectivity index (χ3n) is 9.02. The van der Waals surface area contributed by atoms with E-state index >= 15 is 0 Å². The molecule has 0 fully saturated rings. The average molecular weight is 550 g/mol. The molecule has 3 heteroatoms. The van der Waals surface area contributed by atoms with Crippen LogP contribution >= 0.6 is 0 Å². The first kappa shape index (κ1) is 34.2. The van der Waals surface area contributed by atoms with Gasteiger partial charge < -0.3 is 5.73 Å². The van der Waals surface area contributed by atoms with Crippen LogP contribution in [0.2, 0.25) is 0 Å². The van der Waals surface area contributed by atoms with Gasteiger partial charge in [-0.3, -0.25) is 0 Å². The molecule has 224 valence electrons. The molecule has 0 aliphatic heterocycles. The highest BCUT2D eigenvalue weighted by Gasteiger charge is 2.43. The minimum atomic E-state index is 0.287. The smallest absolute Gasteiger partial charge is 0.323 e. The zero-order chi connectivity index (χ0) is 29.4. The number of carbonyl (C=O) groups excluding carboxylic acids is 1. The highest BCUT2D eigenvalue weighted by Crippen LogP contribution is 2.42. The topological polar surface area (TPSA) is 43.1 Å². The van der Waals surface area contributed by atoms with Crippen LogP contribution in [0.1, 0.15) is 132 Å².